The summed E-state index contributed by atoms with van der Waals surface area (Å²) in [5.74, 6) is 0.948. The highest BCUT2D eigenvalue weighted by molar-refractivity contribution is 9.10. The molecule has 4 heteroatoms. The van der Waals surface area contributed by atoms with E-state index in [-0.39, 0.29) is 0 Å². The molecule has 1 atom stereocenters. The Morgan fingerprint density at radius 1 is 1.50 bits per heavy atom. The van der Waals surface area contributed by atoms with Crippen LogP contribution < -0.4 is 5.32 Å². The van der Waals surface area contributed by atoms with Gasteiger partial charge in [-0.3, -0.25) is 0 Å². The zero-order valence-corrected chi connectivity index (χ0v) is 12.6. The van der Waals surface area contributed by atoms with Crippen molar-refractivity contribution in [1.82, 2.24) is 9.88 Å². The molecule has 2 heterocycles. The van der Waals surface area contributed by atoms with Crippen LogP contribution in [-0.4, -0.2) is 35.6 Å². The summed E-state index contributed by atoms with van der Waals surface area (Å²) in [7, 11) is 0. The van der Waals surface area contributed by atoms with Gasteiger partial charge < -0.3 is 10.2 Å². The molecule has 1 aromatic rings. The maximum Gasteiger partial charge on any atom is 0.140 e. The summed E-state index contributed by atoms with van der Waals surface area (Å²) in [4.78, 5) is 6.92. The van der Waals surface area contributed by atoms with E-state index in [1.807, 2.05) is 18.3 Å². The lowest BCUT2D eigenvalue weighted by Gasteiger charge is -2.33. The van der Waals surface area contributed by atoms with Crippen LogP contribution in [0, 0.1) is 0 Å². The van der Waals surface area contributed by atoms with E-state index in [1.54, 1.807) is 0 Å². The van der Waals surface area contributed by atoms with Gasteiger partial charge in [-0.15, -0.1) is 0 Å². The van der Waals surface area contributed by atoms with Gasteiger partial charge in [0.1, 0.15) is 5.82 Å². The van der Waals surface area contributed by atoms with E-state index < -0.39 is 0 Å². The molecule has 1 fully saturated rings. The fraction of sp³-hybridized carbons (Fsp3) is 0.643. The smallest absolute Gasteiger partial charge is 0.140 e. The van der Waals surface area contributed by atoms with Gasteiger partial charge in [0, 0.05) is 25.3 Å². The standard InChI is InChI=1S/C14H22BrN3/c1-12-6-2-3-10-18(12)11-5-9-17-14-13(15)7-4-8-16-14/h4,7-8,12H,2-3,5-6,9-11H2,1H3,(H,16,17). The van der Waals surface area contributed by atoms with Gasteiger partial charge in [-0.25, -0.2) is 4.98 Å². The number of nitrogens with one attached hydrogen (secondary N) is 1. The van der Waals surface area contributed by atoms with Crippen molar-refractivity contribution in [2.24, 2.45) is 0 Å². The molecule has 3 nitrogen and oxygen atoms in total. The normalized spacial score (nSPS) is 20.9. The van der Waals surface area contributed by atoms with Crippen LogP contribution in [-0.2, 0) is 0 Å². The highest BCUT2D eigenvalue weighted by atomic mass is 79.9. The minimum atomic E-state index is 0.764. The molecule has 100 valence electrons. The average molecular weight is 312 g/mol. The van der Waals surface area contributed by atoms with Crippen molar-refractivity contribution in [1.29, 1.82) is 0 Å². The molecule has 0 aromatic carbocycles. The number of nitrogens with zero attached hydrogens (tertiary/aromatic N) is 2. The van der Waals surface area contributed by atoms with Gasteiger partial charge in [0.2, 0.25) is 0 Å². The van der Waals surface area contributed by atoms with Crippen molar-refractivity contribution in [2.45, 2.75) is 38.6 Å². The first-order chi connectivity index (χ1) is 8.77. The Kier molecular flexibility index (Phi) is 5.45. The number of rotatable bonds is 5. The Balaban J connectivity index is 1.68. The number of aromatic nitrogens is 1. The number of piperidine rings is 1. The van der Waals surface area contributed by atoms with Crippen LogP contribution in [0.4, 0.5) is 5.82 Å². The SMILES string of the molecule is CC1CCCCN1CCCNc1ncccc1Br. The van der Waals surface area contributed by atoms with Crippen molar-refractivity contribution >= 4 is 21.7 Å². The lowest BCUT2D eigenvalue weighted by atomic mass is 10.0. The number of hydrogen-bond acceptors (Lipinski definition) is 3. The molecule has 18 heavy (non-hydrogen) atoms. The van der Waals surface area contributed by atoms with E-state index in [0.29, 0.717) is 0 Å². The van der Waals surface area contributed by atoms with Gasteiger partial charge in [-0.05, 0) is 60.8 Å². The zero-order valence-electron chi connectivity index (χ0n) is 11.0. The highest BCUT2D eigenvalue weighted by Crippen LogP contribution is 2.19. The molecule has 1 aliphatic rings. The Morgan fingerprint density at radius 3 is 3.17 bits per heavy atom. The number of pyridine rings is 1. The summed E-state index contributed by atoms with van der Waals surface area (Å²) in [5, 5.41) is 3.38. The van der Waals surface area contributed by atoms with Gasteiger partial charge in [0.15, 0.2) is 0 Å². The second-order valence-electron chi connectivity index (χ2n) is 4.99. The van der Waals surface area contributed by atoms with Gasteiger partial charge in [0.05, 0.1) is 4.47 Å². The molecule has 0 radical (unpaired) electrons. The molecule has 0 aliphatic carbocycles. The molecule has 0 bridgehead atoms. The van der Waals surface area contributed by atoms with Crippen molar-refractivity contribution < 1.29 is 0 Å². The predicted molar refractivity (Wildman–Crippen MR) is 79.9 cm³/mol. The molecule has 1 saturated heterocycles. The number of likely N-dealkylation sites (tertiary alicyclic amines) is 1. The maximum atomic E-state index is 4.31. The first-order valence-corrected chi connectivity index (χ1v) is 7.65. The fourth-order valence-electron chi connectivity index (χ4n) is 2.49. The average Bonchev–Trinajstić information content (AvgIpc) is 2.38. The lowest BCUT2D eigenvalue weighted by Crippen LogP contribution is -2.38. The topological polar surface area (TPSA) is 28.2 Å². The third kappa shape index (κ3) is 3.95. The minimum absolute atomic E-state index is 0.764. The second kappa shape index (κ2) is 7.10. The van der Waals surface area contributed by atoms with Crippen LogP contribution in [0.25, 0.3) is 0 Å². The van der Waals surface area contributed by atoms with Crippen molar-refractivity contribution in [3.05, 3.63) is 22.8 Å². The quantitative estimate of drug-likeness (QED) is 0.843. The molecular formula is C14H22BrN3. The maximum absolute atomic E-state index is 4.31. The summed E-state index contributed by atoms with van der Waals surface area (Å²) >= 11 is 3.50. The summed E-state index contributed by atoms with van der Waals surface area (Å²) in [6, 6.07) is 4.72. The third-order valence-corrected chi connectivity index (χ3v) is 4.25. The summed E-state index contributed by atoms with van der Waals surface area (Å²) < 4.78 is 1.04. The highest BCUT2D eigenvalue weighted by Gasteiger charge is 2.16. The third-order valence-electron chi connectivity index (χ3n) is 3.61. The van der Waals surface area contributed by atoms with Crippen LogP contribution >= 0.6 is 15.9 Å². The van der Waals surface area contributed by atoms with Gasteiger partial charge >= 0.3 is 0 Å². The molecule has 2 rings (SSSR count). The van der Waals surface area contributed by atoms with Crippen LogP contribution in [0.5, 0.6) is 0 Å². The Morgan fingerprint density at radius 2 is 2.39 bits per heavy atom. The summed E-state index contributed by atoms with van der Waals surface area (Å²) in [6.07, 6.45) is 7.12. The van der Waals surface area contributed by atoms with E-state index in [4.69, 9.17) is 0 Å². The molecule has 0 amide bonds. The van der Waals surface area contributed by atoms with E-state index in [0.717, 1.165) is 22.9 Å². The molecule has 1 unspecified atom stereocenters. The van der Waals surface area contributed by atoms with Gasteiger partial charge in [-0.2, -0.15) is 0 Å². The Bertz CT molecular complexity index is 370. The molecule has 0 spiro atoms. The van der Waals surface area contributed by atoms with Crippen molar-refractivity contribution in [3.8, 4) is 0 Å². The zero-order chi connectivity index (χ0) is 12.8. The minimum Gasteiger partial charge on any atom is -0.369 e. The molecule has 1 aliphatic heterocycles. The first-order valence-electron chi connectivity index (χ1n) is 6.86. The first kappa shape index (κ1) is 13.8. The van der Waals surface area contributed by atoms with Crippen LogP contribution in [0.15, 0.2) is 22.8 Å². The van der Waals surface area contributed by atoms with E-state index in [1.165, 1.54) is 38.8 Å². The van der Waals surface area contributed by atoms with Crippen LogP contribution in [0.3, 0.4) is 0 Å². The van der Waals surface area contributed by atoms with Gasteiger partial charge in [-0.1, -0.05) is 6.42 Å². The van der Waals surface area contributed by atoms with Gasteiger partial charge in [0.25, 0.3) is 0 Å². The molecule has 1 aromatic heterocycles. The van der Waals surface area contributed by atoms with Crippen LogP contribution in [0.1, 0.15) is 32.6 Å². The molecule has 1 N–H and O–H groups in total. The van der Waals surface area contributed by atoms with Crippen LogP contribution in [0.2, 0.25) is 0 Å². The number of hydrogen-bond donors (Lipinski definition) is 1. The van der Waals surface area contributed by atoms with E-state index in [2.05, 4.69) is 38.1 Å². The molecular weight excluding hydrogens is 290 g/mol. The number of anilines is 1. The molecule has 0 saturated carbocycles. The largest absolute Gasteiger partial charge is 0.369 e. The summed E-state index contributed by atoms with van der Waals surface area (Å²) in [5.41, 5.74) is 0. The number of halogens is 1. The van der Waals surface area contributed by atoms with E-state index >= 15 is 0 Å². The second-order valence-corrected chi connectivity index (χ2v) is 5.85. The Labute approximate surface area is 118 Å². The van der Waals surface area contributed by atoms with Crippen molar-refractivity contribution in [3.63, 3.8) is 0 Å². The lowest BCUT2D eigenvalue weighted by molar-refractivity contribution is 0.160. The predicted octanol–water partition coefficient (Wildman–Crippen LogP) is 3.52. The monoisotopic (exact) mass is 311 g/mol. The van der Waals surface area contributed by atoms with Crippen molar-refractivity contribution in [2.75, 3.05) is 25.0 Å². The fourth-order valence-corrected chi connectivity index (χ4v) is 2.89. The van der Waals surface area contributed by atoms with E-state index in [9.17, 15) is 0 Å². The summed E-state index contributed by atoms with van der Waals surface area (Å²) in [6.45, 7) is 5.80. The Hall–Kier alpha value is -0.610.